The number of hydrogen-bond acceptors (Lipinski definition) is 0. The van der Waals surface area contributed by atoms with Crippen LogP contribution in [0.3, 0.4) is 0 Å². The van der Waals surface area contributed by atoms with Gasteiger partial charge in [0.15, 0.2) is 0 Å². The molecule has 0 aliphatic heterocycles. The van der Waals surface area contributed by atoms with Gasteiger partial charge in [0.2, 0.25) is 0 Å². The topological polar surface area (TPSA) is 0 Å². The Morgan fingerprint density at radius 1 is 1.56 bits per heavy atom. The minimum absolute atomic E-state index is 0. The molecule has 0 heterocycles. The summed E-state index contributed by atoms with van der Waals surface area (Å²) in [5, 5.41) is 0. The average molecular weight is 155 g/mol. The molecule has 0 N–H and O–H groups in total. The summed E-state index contributed by atoms with van der Waals surface area (Å²) >= 11 is 0. The van der Waals surface area contributed by atoms with E-state index in [1.54, 1.807) is 0 Å². The Morgan fingerprint density at radius 2 is 2.22 bits per heavy atom. The second-order valence-corrected chi connectivity index (χ2v) is 2.39. The summed E-state index contributed by atoms with van der Waals surface area (Å²) in [5.74, 6) is 0.661. The van der Waals surface area contributed by atoms with Crippen molar-refractivity contribution >= 4 is 0 Å². The summed E-state index contributed by atoms with van der Waals surface area (Å²) in [6.07, 6.45) is 8.59. The van der Waals surface area contributed by atoms with E-state index in [0.29, 0.717) is 5.92 Å². The van der Waals surface area contributed by atoms with Gasteiger partial charge in [0.05, 0.1) is 0 Å². The van der Waals surface area contributed by atoms with Gasteiger partial charge in [-0.15, -0.1) is 6.42 Å². The maximum Gasteiger partial charge on any atom is 0 e. The van der Waals surface area contributed by atoms with Crippen molar-refractivity contribution < 1.29 is 21.7 Å². The van der Waals surface area contributed by atoms with E-state index in [1.807, 2.05) is 0 Å². The van der Waals surface area contributed by atoms with Gasteiger partial charge < -0.3 is 0 Å². The van der Waals surface area contributed by atoms with Crippen LogP contribution in [0.5, 0.6) is 0 Å². The minimum Gasteiger partial charge on any atom is -0.269 e. The van der Waals surface area contributed by atoms with Gasteiger partial charge in [0.1, 0.15) is 0 Å². The molecule has 9 heavy (non-hydrogen) atoms. The fraction of sp³-hybridized carbons (Fsp3) is 0.500. The second kappa shape index (κ2) is 4.08. The van der Waals surface area contributed by atoms with E-state index in [2.05, 4.69) is 32.1 Å². The molecule has 0 amide bonds. The van der Waals surface area contributed by atoms with Gasteiger partial charge in [0.25, 0.3) is 0 Å². The van der Waals surface area contributed by atoms with Gasteiger partial charge >= 0.3 is 0 Å². The van der Waals surface area contributed by atoms with Crippen molar-refractivity contribution in [1.29, 1.82) is 0 Å². The Kier molecular flexibility index (Phi) is 4.17. The van der Waals surface area contributed by atoms with Crippen LogP contribution in [-0.4, -0.2) is 0 Å². The Labute approximate surface area is 71.9 Å². The first-order chi connectivity index (χ1) is 3.80. The molecule has 1 aliphatic rings. The Morgan fingerprint density at radius 3 is 2.44 bits per heavy atom. The van der Waals surface area contributed by atoms with Gasteiger partial charge in [-0.1, -0.05) is 19.8 Å². The maximum absolute atomic E-state index is 3.26. The van der Waals surface area contributed by atoms with Crippen molar-refractivity contribution in [2.45, 2.75) is 20.3 Å². The van der Waals surface area contributed by atoms with Crippen LogP contribution in [0.4, 0.5) is 0 Å². The smallest absolute Gasteiger partial charge is 0 e. The van der Waals surface area contributed by atoms with Crippen LogP contribution in [0.1, 0.15) is 20.3 Å². The van der Waals surface area contributed by atoms with Crippen molar-refractivity contribution in [2.24, 2.45) is 5.92 Å². The first-order valence-electron chi connectivity index (χ1n) is 3.08. The second-order valence-electron chi connectivity index (χ2n) is 2.39. The summed E-state index contributed by atoms with van der Waals surface area (Å²) in [6.45, 7) is 4.38. The van der Waals surface area contributed by atoms with Crippen LogP contribution in [0.2, 0.25) is 0 Å². The molecule has 0 saturated heterocycles. The van der Waals surface area contributed by atoms with E-state index >= 15 is 0 Å². The number of allylic oxidation sites excluding steroid dienone is 4. The van der Waals surface area contributed by atoms with Crippen molar-refractivity contribution in [3.63, 3.8) is 0 Å². The molecule has 1 heteroatoms. The largest absolute Gasteiger partial charge is 0.269 e. The predicted molar refractivity (Wildman–Crippen MR) is 35.4 cm³/mol. The van der Waals surface area contributed by atoms with Crippen LogP contribution in [0, 0.1) is 12.0 Å². The summed E-state index contributed by atoms with van der Waals surface area (Å²) in [6, 6.07) is 0. The van der Waals surface area contributed by atoms with Gasteiger partial charge in [-0.05, 0) is 0 Å². The van der Waals surface area contributed by atoms with E-state index in [0.717, 1.165) is 6.42 Å². The molecule has 1 rings (SSSR count). The number of rotatable bonds is 1. The Hall–Kier alpha value is 0.194. The summed E-state index contributed by atoms with van der Waals surface area (Å²) in [4.78, 5) is 0. The van der Waals surface area contributed by atoms with Gasteiger partial charge in [-0.3, -0.25) is 6.08 Å². The maximum atomic E-state index is 3.26. The van der Waals surface area contributed by atoms with E-state index in [4.69, 9.17) is 0 Å². The van der Waals surface area contributed by atoms with Crippen molar-refractivity contribution in [1.82, 2.24) is 0 Å². The first-order valence-corrected chi connectivity index (χ1v) is 3.08. The predicted octanol–water partition coefficient (Wildman–Crippen LogP) is 2.33. The third kappa shape index (κ3) is 2.51. The zero-order chi connectivity index (χ0) is 5.98. The molecule has 0 saturated carbocycles. The molecule has 0 spiro atoms. The Balaban J connectivity index is 0.000000640. The molecule has 0 nitrogen and oxygen atoms in total. The van der Waals surface area contributed by atoms with E-state index < -0.39 is 0 Å². The third-order valence-corrected chi connectivity index (χ3v) is 1.34. The molecule has 0 atom stereocenters. The number of hydrogen-bond donors (Lipinski definition) is 0. The molecule has 0 bridgehead atoms. The molecule has 0 aromatic rings. The van der Waals surface area contributed by atoms with Crippen molar-refractivity contribution in [3.05, 3.63) is 23.8 Å². The summed E-state index contributed by atoms with van der Waals surface area (Å²) in [7, 11) is 0. The molecule has 0 aromatic heterocycles. The SMILES string of the molecule is CC(C)C1=[C-]CC=C1.[Ti]. The zero-order valence-corrected chi connectivity index (χ0v) is 7.50. The van der Waals surface area contributed by atoms with Crippen LogP contribution in [-0.2, 0) is 21.7 Å². The van der Waals surface area contributed by atoms with Gasteiger partial charge in [-0.2, -0.15) is 6.08 Å². The monoisotopic (exact) mass is 155 g/mol. The standard InChI is InChI=1S/C8H11.Ti/c1-7(2)8-5-3-4-6-8;/h3,5,7H,4H2,1-2H3;/q-1;. The zero-order valence-electron chi connectivity index (χ0n) is 5.94. The molecule has 1 aliphatic carbocycles. The first kappa shape index (κ1) is 9.19. The molecule has 0 radical (unpaired) electrons. The van der Waals surface area contributed by atoms with E-state index in [9.17, 15) is 0 Å². The fourth-order valence-corrected chi connectivity index (χ4v) is 0.818. The average Bonchev–Trinajstić information content (AvgIpc) is 2.12. The quantitative estimate of drug-likeness (QED) is 0.402. The van der Waals surface area contributed by atoms with Crippen molar-refractivity contribution in [2.75, 3.05) is 0 Å². The summed E-state index contributed by atoms with van der Waals surface area (Å²) < 4.78 is 0. The normalized spacial score (nSPS) is 15.7. The molecule has 0 aromatic carbocycles. The molecule has 0 unspecified atom stereocenters. The molecular formula is C8H11Ti-. The summed E-state index contributed by atoms with van der Waals surface area (Å²) in [5.41, 5.74) is 1.37. The van der Waals surface area contributed by atoms with Crippen LogP contribution < -0.4 is 0 Å². The van der Waals surface area contributed by atoms with E-state index in [-0.39, 0.29) is 21.7 Å². The van der Waals surface area contributed by atoms with Gasteiger partial charge in [-0.25, -0.2) is 11.6 Å². The van der Waals surface area contributed by atoms with Gasteiger partial charge in [0, 0.05) is 21.7 Å². The molecule has 0 fully saturated rings. The fourth-order valence-electron chi connectivity index (χ4n) is 0.818. The molecule has 48 valence electrons. The van der Waals surface area contributed by atoms with Crippen LogP contribution in [0.25, 0.3) is 0 Å². The van der Waals surface area contributed by atoms with Crippen LogP contribution in [0.15, 0.2) is 17.7 Å². The third-order valence-electron chi connectivity index (χ3n) is 1.34. The Bertz CT molecular complexity index is 132. The minimum atomic E-state index is 0. The molecular weight excluding hydrogens is 144 g/mol. The van der Waals surface area contributed by atoms with Crippen molar-refractivity contribution in [3.8, 4) is 0 Å². The van der Waals surface area contributed by atoms with Crippen LogP contribution >= 0.6 is 0 Å². The van der Waals surface area contributed by atoms with E-state index in [1.165, 1.54) is 5.57 Å².